The second-order valence-corrected chi connectivity index (χ2v) is 7.43. The number of hydrogen-bond acceptors (Lipinski definition) is 2. The zero-order valence-corrected chi connectivity index (χ0v) is 16.3. The van der Waals surface area contributed by atoms with E-state index in [0.29, 0.717) is 0 Å². The maximum Gasteiger partial charge on any atom is 0.235 e. The summed E-state index contributed by atoms with van der Waals surface area (Å²) in [5.74, 6) is 0.103. The van der Waals surface area contributed by atoms with Crippen molar-refractivity contribution in [1.29, 1.82) is 0 Å². The van der Waals surface area contributed by atoms with Gasteiger partial charge in [0, 0.05) is 41.1 Å². The molecule has 1 aliphatic carbocycles. The molecular weight excluding hydrogens is 334 g/mol. The minimum Gasteiger partial charge on any atom is -0.372 e. The highest BCUT2D eigenvalue weighted by Gasteiger charge is 2.53. The smallest absolute Gasteiger partial charge is 0.235 e. The van der Waals surface area contributed by atoms with Crippen molar-refractivity contribution in [2.75, 3.05) is 23.3 Å². The molecule has 1 fully saturated rings. The fraction of sp³-hybridized carbons (Fsp3) is 0.348. The number of amides is 1. The molecule has 1 saturated carbocycles. The van der Waals surface area contributed by atoms with Gasteiger partial charge < -0.3 is 15.2 Å². The van der Waals surface area contributed by atoms with Crippen LogP contribution >= 0.6 is 0 Å². The minimum absolute atomic E-state index is 0.103. The Bertz CT molecular complexity index is 963. The number of H-pyrrole nitrogens is 1. The molecule has 0 bridgehead atoms. The number of aryl methyl sites for hydroxylation is 1. The van der Waals surface area contributed by atoms with E-state index in [1.54, 1.807) is 0 Å². The number of nitrogens with one attached hydrogen (secondary N) is 2. The van der Waals surface area contributed by atoms with Crippen molar-refractivity contribution in [3.05, 3.63) is 59.8 Å². The van der Waals surface area contributed by atoms with Gasteiger partial charge in [-0.25, -0.2) is 0 Å². The number of aromatic nitrogens is 1. The number of nitrogens with zero attached hydrogens (tertiary/aromatic N) is 1. The Morgan fingerprint density at radius 3 is 2.37 bits per heavy atom. The molecule has 0 radical (unpaired) electrons. The van der Waals surface area contributed by atoms with E-state index in [1.165, 1.54) is 11.1 Å². The molecule has 1 heterocycles. The Morgan fingerprint density at radius 1 is 1.07 bits per heavy atom. The van der Waals surface area contributed by atoms with Crippen LogP contribution in [-0.2, 0) is 10.2 Å². The summed E-state index contributed by atoms with van der Waals surface area (Å²) in [6.45, 7) is 8.33. The van der Waals surface area contributed by atoms with Crippen molar-refractivity contribution in [2.24, 2.45) is 0 Å². The van der Waals surface area contributed by atoms with Crippen molar-refractivity contribution in [2.45, 2.75) is 39.0 Å². The topological polar surface area (TPSA) is 48.1 Å². The Morgan fingerprint density at radius 2 is 1.74 bits per heavy atom. The summed E-state index contributed by atoms with van der Waals surface area (Å²) >= 11 is 0. The van der Waals surface area contributed by atoms with Crippen LogP contribution in [0.2, 0.25) is 0 Å². The van der Waals surface area contributed by atoms with Gasteiger partial charge in [-0.1, -0.05) is 18.2 Å². The summed E-state index contributed by atoms with van der Waals surface area (Å²) in [6.07, 6.45) is 1.80. The lowest BCUT2D eigenvalue weighted by atomic mass is 9.92. The number of aromatic amines is 1. The maximum absolute atomic E-state index is 13.2. The van der Waals surface area contributed by atoms with Crippen LogP contribution in [0.15, 0.2) is 48.5 Å². The molecule has 4 rings (SSSR count). The third kappa shape index (κ3) is 2.99. The lowest BCUT2D eigenvalue weighted by molar-refractivity contribution is -0.118. The number of rotatable bonds is 6. The molecule has 0 aliphatic heterocycles. The SMILES string of the molecule is CCN(CC)c1ccc(NC(=O)C2(c3c(C)[nH]c4ccccc34)CC2)cc1. The highest BCUT2D eigenvalue weighted by molar-refractivity contribution is 6.05. The quantitative estimate of drug-likeness (QED) is 0.649. The zero-order valence-electron chi connectivity index (χ0n) is 16.3. The van der Waals surface area contributed by atoms with E-state index in [0.717, 1.165) is 48.4 Å². The van der Waals surface area contributed by atoms with Crippen LogP contribution in [0.1, 0.15) is 37.9 Å². The Labute approximate surface area is 160 Å². The molecule has 2 aromatic carbocycles. The third-order valence-corrected chi connectivity index (χ3v) is 5.81. The van der Waals surface area contributed by atoms with Crippen LogP contribution < -0.4 is 10.2 Å². The van der Waals surface area contributed by atoms with Crippen LogP contribution in [0.5, 0.6) is 0 Å². The van der Waals surface area contributed by atoms with Crippen LogP contribution in [0, 0.1) is 6.92 Å². The number of benzene rings is 2. The van der Waals surface area contributed by atoms with Crippen molar-refractivity contribution in [3.8, 4) is 0 Å². The summed E-state index contributed by atoms with van der Waals surface area (Å²) in [5.41, 5.74) is 5.01. The van der Waals surface area contributed by atoms with E-state index >= 15 is 0 Å². The van der Waals surface area contributed by atoms with Gasteiger partial charge in [0.05, 0.1) is 5.41 Å². The third-order valence-electron chi connectivity index (χ3n) is 5.81. The summed E-state index contributed by atoms with van der Waals surface area (Å²) in [5, 5.41) is 4.32. The molecular formula is C23H27N3O. The van der Waals surface area contributed by atoms with Crippen molar-refractivity contribution in [1.82, 2.24) is 4.98 Å². The molecule has 2 N–H and O–H groups in total. The summed E-state index contributed by atoms with van der Waals surface area (Å²) < 4.78 is 0. The van der Waals surface area contributed by atoms with Crippen LogP contribution in [0.25, 0.3) is 10.9 Å². The predicted octanol–water partition coefficient (Wildman–Crippen LogP) is 4.99. The van der Waals surface area contributed by atoms with E-state index in [9.17, 15) is 4.79 Å². The Balaban J connectivity index is 1.58. The number of anilines is 2. The average Bonchev–Trinajstić information content (AvgIpc) is 3.40. The monoisotopic (exact) mass is 361 g/mol. The second kappa shape index (κ2) is 6.76. The molecule has 140 valence electrons. The van der Waals surface area contributed by atoms with Gasteiger partial charge in [-0.3, -0.25) is 4.79 Å². The largest absolute Gasteiger partial charge is 0.372 e. The standard InChI is InChI=1S/C23H27N3O/c1-4-26(5-2)18-12-10-17(11-13-18)25-22(27)23(14-15-23)21-16(3)24-20-9-7-6-8-19(20)21/h6-13,24H,4-5,14-15H2,1-3H3,(H,25,27). The number of hydrogen-bond donors (Lipinski definition) is 2. The van der Waals surface area contributed by atoms with Gasteiger partial charge in [-0.05, 0) is 69.5 Å². The zero-order chi connectivity index (χ0) is 19.0. The minimum atomic E-state index is -0.402. The normalized spacial score (nSPS) is 14.9. The average molecular weight is 361 g/mol. The molecule has 0 unspecified atom stereocenters. The van der Waals surface area contributed by atoms with E-state index in [-0.39, 0.29) is 5.91 Å². The number of fused-ring (bicyclic) bond motifs is 1. The first-order valence-electron chi connectivity index (χ1n) is 9.83. The lowest BCUT2D eigenvalue weighted by Crippen LogP contribution is -2.28. The summed E-state index contributed by atoms with van der Waals surface area (Å²) in [4.78, 5) is 18.9. The number of carbonyl (C=O) groups is 1. The van der Waals surface area contributed by atoms with Gasteiger partial charge in [-0.2, -0.15) is 0 Å². The van der Waals surface area contributed by atoms with Gasteiger partial charge >= 0.3 is 0 Å². The van der Waals surface area contributed by atoms with Gasteiger partial charge in [0.15, 0.2) is 0 Å². The number of para-hydroxylation sites is 1. The van der Waals surface area contributed by atoms with Crippen molar-refractivity contribution >= 4 is 28.2 Å². The highest BCUT2D eigenvalue weighted by Crippen LogP contribution is 2.52. The Kier molecular flexibility index (Phi) is 4.42. The van der Waals surface area contributed by atoms with Crippen molar-refractivity contribution < 1.29 is 4.79 Å². The molecule has 1 aliphatic rings. The summed E-state index contributed by atoms with van der Waals surface area (Å²) in [7, 11) is 0. The molecule has 4 heteroatoms. The maximum atomic E-state index is 13.2. The second-order valence-electron chi connectivity index (χ2n) is 7.43. The molecule has 1 aromatic heterocycles. The molecule has 4 nitrogen and oxygen atoms in total. The molecule has 1 amide bonds. The van der Waals surface area contributed by atoms with Gasteiger partial charge in [-0.15, -0.1) is 0 Å². The highest BCUT2D eigenvalue weighted by atomic mass is 16.2. The van der Waals surface area contributed by atoms with E-state index in [1.807, 2.05) is 24.3 Å². The van der Waals surface area contributed by atoms with Crippen molar-refractivity contribution in [3.63, 3.8) is 0 Å². The fourth-order valence-corrected chi connectivity index (χ4v) is 4.20. The fourth-order valence-electron chi connectivity index (χ4n) is 4.20. The van der Waals surface area contributed by atoms with E-state index in [2.05, 4.69) is 60.2 Å². The molecule has 27 heavy (non-hydrogen) atoms. The predicted molar refractivity (Wildman–Crippen MR) is 113 cm³/mol. The molecule has 0 saturated heterocycles. The molecule has 0 spiro atoms. The van der Waals surface area contributed by atoms with E-state index < -0.39 is 5.41 Å². The molecule has 3 aromatic rings. The van der Waals surface area contributed by atoms with Gasteiger partial charge in [0.1, 0.15) is 0 Å². The Hall–Kier alpha value is -2.75. The number of carbonyl (C=O) groups excluding carboxylic acids is 1. The van der Waals surface area contributed by atoms with E-state index in [4.69, 9.17) is 0 Å². The van der Waals surface area contributed by atoms with Gasteiger partial charge in [0.25, 0.3) is 0 Å². The lowest BCUT2D eigenvalue weighted by Gasteiger charge is -2.21. The summed E-state index contributed by atoms with van der Waals surface area (Å²) in [6, 6.07) is 16.4. The van der Waals surface area contributed by atoms with Crippen LogP contribution in [-0.4, -0.2) is 24.0 Å². The van der Waals surface area contributed by atoms with Gasteiger partial charge in [0.2, 0.25) is 5.91 Å². The first-order chi connectivity index (χ1) is 13.1. The van der Waals surface area contributed by atoms with Crippen LogP contribution in [0.4, 0.5) is 11.4 Å². The first kappa shape index (κ1) is 17.7. The first-order valence-corrected chi connectivity index (χ1v) is 9.83. The van der Waals surface area contributed by atoms with Crippen LogP contribution in [0.3, 0.4) is 0 Å². The molecule has 0 atom stereocenters.